The smallest absolute Gasteiger partial charge is 0.306 e. The molecule has 0 aliphatic rings. The number of hydrogen-bond donors (Lipinski definition) is 0. The first kappa shape index (κ1) is 57.1. The standard InChI is InChI=1S/C54H94O6/c1-4-7-10-13-16-19-21-23-25-26-27-28-30-31-33-35-38-41-44-47-53(56)59-50-51(49-58-52(55)46-43-40-37-18-15-12-9-6-3)60-54(57)48-45-42-39-36-34-32-29-24-22-20-17-14-11-8-5-2/h7,10,16,19,23,25,27-28,31,33,51H,4-6,8-9,11-15,17-18,20-22,24,26,29-30,32,34-50H2,1-3H3/b10-7-,19-16-,25-23-,28-27-,33-31-. The van der Waals surface area contributed by atoms with Gasteiger partial charge in [-0.1, -0.05) is 223 Å². The van der Waals surface area contributed by atoms with Crippen molar-refractivity contribution in [2.45, 2.75) is 252 Å². The number of carbonyl (C=O) groups excluding carboxylic acids is 3. The molecule has 0 saturated heterocycles. The average Bonchev–Trinajstić information content (AvgIpc) is 3.24. The van der Waals surface area contributed by atoms with Crippen molar-refractivity contribution in [3.63, 3.8) is 0 Å². The lowest BCUT2D eigenvalue weighted by molar-refractivity contribution is -0.167. The lowest BCUT2D eigenvalue weighted by atomic mass is 10.0. The zero-order chi connectivity index (χ0) is 43.7. The van der Waals surface area contributed by atoms with Crippen LogP contribution in [-0.4, -0.2) is 37.2 Å². The number of hydrogen-bond acceptors (Lipinski definition) is 6. The fourth-order valence-electron chi connectivity index (χ4n) is 7.00. The second-order valence-electron chi connectivity index (χ2n) is 16.7. The van der Waals surface area contributed by atoms with Gasteiger partial charge in [0.15, 0.2) is 6.10 Å². The Morgan fingerprint density at radius 3 is 1.02 bits per heavy atom. The van der Waals surface area contributed by atoms with Gasteiger partial charge in [0.2, 0.25) is 0 Å². The maximum absolute atomic E-state index is 12.8. The third kappa shape index (κ3) is 46.2. The van der Waals surface area contributed by atoms with Crippen LogP contribution in [0.5, 0.6) is 0 Å². The molecule has 0 aromatic rings. The first-order chi connectivity index (χ1) is 29.5. The van der Waals surface area contributed by atoms with Gasteiger partial charge < -0.3 is 14.2 Å². The minimum atomic E-state index is -0.782. The van der Waals surface area contributed by atoms with Crippen molar-refractivity contribution in [2.24, 2.45) is 0 Å². The van der Waals surface area contributed by atoms with E-state index in [9.17, 15) is 14.4 Å². The van der Waals surface area contributed by atoms with Crippen molar-refractivity contribution in [1.29, 1.82) is 0 Å². The second-order valence-corrected chi connectivity index (χ2v) is 16.7. The van der Waals surface area contributed by atoms with Gasteiger partial charge in [0, 0.05) is 19.3 Å². The number of unbranched alkanes of at least 4 members (excludes halogenated alkanes) is 24. The fraction of sp³-hybridized carbons (Fsp3) is 0.759. The summed E-state index contributed by atoms with van der Waals surface area (Å²) in [6, 6.07) is 0. The minimum absolute atomic E-state index is 0.0824. The quantitative estimate of drug-likeness (QED) is 0.0263. The van der Waals surface area contributed by atoms with Gasteiger partial charge in [-0.3, -0.25) is 14.4 Å². The molecule has 0 aromatic carbocycles. The Bertz CT molecular complexity index is 1100. The summed E-state index contributed by atoms with van der Waals surface area (Å²) in [6.07, 6.45) is 59.2. The number of rotatable bonds is 45. The first-order valence-corrected chi connectivity index (χ1v) is 25.3. The average molecular weight is 839 g/mol. The molecule has 0 N–H and O–H groups in total. The zero-order valence-electron chi connectivity index (χ0n) is 39.5. The molecule has 1 atom stereocenters. The van der Waals surface area contributed by atoms with Gasteiger partial charge >= 0.3 is 17.9 Å². The van der Waals surface area contributed by atoms with E-state index in [1.54, 1.807) is 0 Å². The van der Waals surface area contributed by atoms with E-state index in [0.29, 0.717) is 19.3 Å². The summed E-state index contributed by atoms with van der Waals surface area (Å²) in [5.41, 5.74) is 0. The molecule has 0 heterocycles. The van der Waals surface area contributed by atoms with E-state index in [0.717, 1.165) is 96.3 Å². The van der Waals surface area contributed by atoms with Crippen LogP contribution in [0, 0.1) is 0 Å². The van der Waals surface area contributed by atoms with Crippen molar-refractivity contribution in [1.82, 2.24) is 0 Å². The molecule has 0 rings (SSSR count). The Morgan fingerprint density at radius 2 is 0.650 bits per heavy atom. The fourth-order valence-corrected chi connectivity index (χ4v) is 7.00. The molecule has 0 fully saturated rings. The van der Waals surface area contributed by atoms with Gasteiger partial charge in [0.25, 0.3) is 0 Å². The highest BCUT2D eigenvalue weighted by Gasteiger charge is 2.19. The summed E-state index contributed by atoms with van der Waals surface area (Å²) in [6.45, 7) is 6.47. The third-order valence-electron chi connectivity index (χ3n) is 10.8. The molecule has 6 nitrogen and oxygen atoms in total. The molecule has 60 heavy (non-hydrogen) atoms. The first-order valence-electron chi connectivity index (χ1n) is 25.3. The van der Waals surface area contributed by atoms with Crippen molar-refractivity contribution in [2.75, 3.05) is 13.2 Å². The Kier molecular flexibility index (Phi) is 46.4. The van der Waals surface area contributed by atoms with E-state index in [4.69, 9.17) is 14.2 Å². The molecule has 0 radical (unpaired) electrons. The number of allylic oxidation sites excluding steroid dienone is 10. The Morgan fingerprint density at radius 1 is 0.350 bits per heavy atom. The van der Waals surface area contributed by atoms with Crippen molar-refractivity contribution in [3.05, 3.63) is 60.8 Å². The third-order valence-corrected chi connectivity index (χ3v) is 10.8. The van der Waals surface area contributed by atoms with Gasteiger partial charge in [0.05, 0.1) is 0 Å². The van der Waals surface area contributed by atoms with Gasteiger partial charge in [0.1, 0.15) is 13.2 Å². The van der Waals surface area contributed by atoms with Crippen molar-refractivity contribution < 1.29 is 28.6 Å². The molecule has 0 bridgehead atoms. The Hall–Kier alpha value is -2.89. The summed E-state index contributed by atoms with van der Waals surface area (Å²) in [5.74, 6) is -0.915. The molecular weight excluding hydrogens is 745 g/mol. The predicted molar refractivity (Wildman–Crippen MR) is 256 cm³/mol. The Labute approximate surface area is 370 Å². The van der Waals surface area contributed by atoms with Crippen LogP contribution in [-0.2, 0) is 28.6 Å². The molecule has 1 unspecified atom stereocenters. The zero-order valence-corrected chi connectivity index (χ0v) is 39.5. The van der Waals surface area contributed by atoms with E-state index in [2.05, 4.69) is 81.5 Å². The van der Waals surface area contributed by atoms with Gasteiger partial charge in [-0.25, -0.2) is 0 Å². The van der Waals surface area contributed by atoms with Crippen LogP contribution in [0.25, 0.3) is 0 Å². The SMILES string of the molecule is CC/C=C\C/C=C\C/C=C\C/C=C\C/C=C\CCCCCC(=O)OCC(COC(=O)CCCCCCCCCC)OC(=O)CCCCCCCCCCCCCCCCC. The lowest BCUT2D eigenvalue weighted by Crippen LogP contribution is -2.30. The van der Waals surface area contributed by atoms with E-state index in [-0.39, 0.29) is 31.1 Å². The normalized spacial score (nSPS) is 12.5. The van der Waals surface area contributed by atoms with Crippen LogP contribution in [0.15, 0.2) is 60.8 Å². The predicted octanol–water partition coefficient (Wildman–Crippen LogP) is 16.5. The second kappa shape index (κ2) is 48.8. The molecule has 0 spiro atoms. The topological polar surface area (TPSA) is 78.9 Å². The number of ether oxygens (including phenoxy) is 3. The van der Waals surface area contributed by atoms with Gasteiger partial charge in [-0.15, -0.1) is 0 Å². The summed E-state index contributed by atoms with van der Waals surface area (Å²) >= 11 is 0. The summed E-state index contributed by atoms with van der Waals surface area (Å²) < 4.78 is 16.7. The van der Waals surface area contributed by atoms with E-state index in [1.807, 2.05) is 0 Å². The highest BCUT2D eigenvalue weighted by molar-refractivity contribution is 5.71. The molecule has 0 aromatic heterocycles. The Balaban J connectivity index is 4.35. The van der Waals surface area contributed by atoms with Crippen LogP contribution in [0.3, 0.4) is 0 Å². The molecule has 6 heteroatoms. The van der Waals surface area contributed by atoms with E-state index >= 15 is 0 Å². The molecule has 346 valence electrons. The molecule has 0 aliphatic carbocycles. The maximum atomic E-state index is 12.8. The molecule has 0 aliphatic heterocycles. The van der Waals surface area contributed by atoms with Crippen LogP contribution in [0.4, 0.5) is 0 Å². The molecule has 0 saturated carbocycles. The summed E-state index contributed by atoms with van der Waals surface area (Å²) in [4.78, 5) is 37.8. The van der Waals surface area contributed by atoms with E-state index < -0.39 is 6.10 Å². The highest BCUT2D eigenvalue weighted by atomic mass is 16.6. The number of carbonyl (C=O) groups is 3. The van der Waals surface area contributed by atoms with E-state index in [1.165, 1.54) is 109 Å². The minimum Gasteiger partial charge on any atom is -0.462 e. The summed E-state index contributed by atoms with van der Waals surface area (Å²) in [7, 11) is 0. The van der Waals surface area contributed by atoms with Gasteiger partial charge in [-0.2, -0.15) is 0 Å². The monoisotopic (exact) mass is 839 g/mol. The van der Waals surface area contributed by atoms with Crippen LogP contribution in [0.2, 0.25) is 0 Å². The number of esters is 3. The van der Waals surface area contributed by atoms with Crippen molar-refractivity contribution in [3.8, 4) is 0 Å². The van der Waals surface area contributed by atoms with Crippen LogP contribution < -0.4 is 0 Å². The van der Waals surface area contributed by atoms with Crippen LogP contribution >= 0.6 is 0 Å². The largest absolute Gasteiger partial charge is 0.462 e. The molecule has 0 amide bonds. The highest BCUT2D eigenvalue weighted by Crippen LogP contribution is 2.15. The van der Waals surface area contributed by atoms with Crippen LogP contribution in [0.1, 0.15) is 245 Å². The molecular formula is C54H94O6. The van der Waals surface area contributed by atoms with Crippen molar-refractivity contribution >= 4 is 17.9 Å². The summed E-state index contributed by atoms with van der Waals surface area (Å²) in [5, 5.41) is 0. The lowest BCUT2D eigenvalue weighted by Gasteiger charge is -2.18. The maximum Gasteiger partial charge on any atom is 0.306 e. The van der Waals surface area contributed by atoms with Gasteiger partial charge in [-0.05, 0) is 64.2 Å².